The molecule has 1 N–H and O–H groups in total. The van der Waals surface area contributed by atoms with Crippen LogP contribution in [0.4, 0.5) is 11.6 Å². The lowest BCUT2D eigenvalue weighted by Gasteiger charge is -2.31. The van der Waals surface area contributed by atoms with Gasteiger partial charge >= 0.3 is 0 Å². The highest BCUT2D eigenvalue weighted by Gasteiger charge is 2.21. The smallest absolute Gasteiger partial charge is 0.274 e. The summed E-state index contributed by atoms with van der Waals surface area (Å²) in [6, 6.07) is 9.03. The molecule has 1 unspecified atom stereocenters. The van der Waals surface area contributed by atoms with E-state index in [0.717, 1.165) is 25.2 Å². The molecular formula is C19H24N4O2. The Morgan fingerprint density at radius 3 is 2.88 bits per heavy atom. The monoisotopic (exact) mass is 340 g/mol. The molecule has 3 rings (SSSR count). The van der Waals surface area contributed by atoms with Gasteiger partial charge < -0.3 is 15.0 Å². The first-order valence-electron chi connectivity index (χ1n) is 8.62. The normalized spacial score (nSPS) is 17.2. The Kier molecular flexibility index (Phi) is 5.16. The van der Waals surface area contributed by atoms with E-state index in [1.807, 2.05) is 19.1 Å². The number of benzene rings is 1. The number of anilines is 2. The molecule has 0 saturated carbocycles. The van der Waals surface area contributed by atoms with Gasteiger partial charge in [0.25, 0.3) is 5.91 Å². The van der Waals surface area contributed by atoms with Crippen LogP contribution in [0.15, 0.2) is 30.3 Å². The summed E-state index contributed by atoms with van der Waals surface area (Å²) in [6.45, 7) is 5.98. The molecule has 1 aliphatic rings. The maximum atomic E-state index is 12.7. The molecule has 6 nitrogen and oxygen atoms in total. The Morgan fingerprint density at radius 1 is 1.32 bits per heavy atom. The van der Waals surface area contributed by atoms with Crippen LogP contribution in [-0.4, -0.2) is 36.1 Å². The fourth-order valence-electron chi connectivity index (χ4n) is 3.12. The van der Waals surface area contributed by atoms with Crippen molar-refractivity contribution in [2.24, 2.45) is 5.92 Å². The Balaban J connectivity index is 1.83. The van der Waals surface area contributed by atoms with Crippen LogP contribution in [0.25, 0.3) is 0 Å². The van der Waals surface area contributed by atoms with Crippen molar-refractivity contribution in [1.29, 1.82) is 0 Å². The third-order valence-electron chi connectivity index (χ3n) is 4.37. The van der Waals surface area contributed by atoms with E-state index < -0.39 is 0 Å². The van der Waals surface area contributed by atoms with E-state index in [1.165, 1.54) is 6.42 Å². The molecule has 132 valence electrons. The van der Waals surface area contributed by atoms with Crippen molar-refractivity contribution in [2.75, 3.05) is 30.4 Å². The molecule has 1 saturated heterocycles. The van der Waals surface area contributed by atoms with Crippen LogP contribution in [0.1, 0.15) is 35.9 Å². The molecule has 2 heterocycles. The summed E-state index contributed by atoms with van der Waals surface area (Å²) < 4.78 is 5.28. The summed E-state index contributed by atoms with van der Waals surface area (Å²) in [6.07, 6.45) is 2.35. The molecule has 6 heteroatoms. The summed E-state index contributed by atoms with van der Waals surface area (Å²) in [4.78, 5) is 23.9. The highest BCUT2D eigenvalue weighted by molar-refractivity contribution is 6.03. The van der Waals surface area contributed by atoms with E-state index in [4.69, 9.17) is 4.74 Å². The minimum Gasteiger partial charge on any atom is -0.495 e. The Morgan fingerprint density at radius 2 is 2.12 bits per heavy atom. The number of aromatic nitrogens is 2. The number of rotatable bonds is 4. The third kappa shape index (κ3) is 4.07. The first kappa shape index (κ1) is 17.2. The number of ether oxygens (including phenoxy) is 1. The zero-order valence-electron chi connectivity index (χ0n) is 15.0. The number of nitrogens with zero attached hydrogens (tertiary/aromatic N) is 3. The second-order valence-corrected chi connectivity index (χ2v) is 6.54. The Labute approximate surface area is 148 Å². The van der Waals surface area contributed by atoms with E-state index in [1.54, 1.807) is 25.3 Å². The fourth-order valence-corrected chi connectivity index (χ4v) is 3.12. The maximum absolute atomic E-state index is 12.7. The number of nitrogens with one attached hydrogen (secondary N) is 1. The SMILES string of the molecule is COc1ccccc1NC(=O)c1cc(C)nc(N2CCCC(C)C2)n1. The van der Waals surface area contributed by atoms with Crippen LogP contribution in [0, 0.1) is 12.8 Å². The van der Waals surface area contributed by atoms with Crippen LogP contribution in [0.2, 0.25) is 0 Å². The molecule has 1 aliphatic heterocycles. The van der Waals surface area contributed by atoms with Crippen molar-refractivity contribution in [3.05, 3.63) is 41.7 Å². The predicted molar refractivity (Wildman–Crippen MR) is 98.3 cm³/mol. The van der Waals surface area contributed by atoms with E-state index >= 15 is 0 Å². The average molecular weight is 340 g/mol. The number of hydrogen-bond donors (Lipinski definition) is 1. The largest absolute Gasteiger partial charge is 0.495 e. The van der Waals surface area contributed by atoms with Crippen molar-refractivity contribution < 1.29 is 9.53 Å². The second kappa shape index (κ2) is 7.51. The maximum Gasteiger partial charge on any atom is 0.274 e. The van der Waals surface area contributed by atoms with Crippen LogP contribution >= 0.6 is 0 Å². The molecule has 1 amide bonds. The van der Waals surface area contributed by atoms with Crippen molar-refractivity contribution >= 4 is 17.5 Å². The number of carbonyl (C=O) groups is 1. The van der Waals surface area contributed by atoms with E-state index in [0.29, 0.717) is 29.0 Å². The number of amides is 1. The topological polar surface area (TPSA) is 67.3 Å². The highest BCUT2D eigenvalue weighted by Crippen LogP contribution is 2.24. The number of hydrogen-bond acceptors (Lipinski definition) is 5. The molecule has 0 aliphatic carbocycles. The van der Waals surface area contributed by atoms with Crippen molar-refractivity contribution in [3.63, 3.8) is 0 Å². The highest BCUT2D eigenvalue weighted by atomic mass is 16.5. The number of aryl methyl sites for hydroxylation is 1. The van der Waals surface area contributed by atoms with Gasteiger partial charge in [-0.25, -0.2) is 9.97 Å². The van der Waals surface area contributed by atoms with Gasteiger partial charge in [-0.05, 0) is 43.9 Å². The zero-order chi connectivity index (χ0) is 17.8. The van der Waals surface area contributed by atoms with E-state index in [9.17, 15) is 4.79 Å². The van der Waals surface area contributed by atoms with E-state index in [2.05, 4.69) is 27.1 Å². The third-order valence-corrected chi connectivity index (χ3v) is 4.37. The molecule has 1 aromatic carbocycles. The van der Waals surface area contributed by atoms with Crippen LogP contribution < -0.4 is 15.0 Å². The first-order chi connectivity index (χ1) is 12.1. The molecular weight excluding hydrogens is 316 g/mol. The molecule has 1 fully saturated rings. The lowest BCUT2D eigenvalue weighted by molar-refractivity contribution is 0.102. The van der Waals surface area contributed by atoms with Crippen LogP contribution in [0.3, 0.4) is 0 Å². The standard InChI is InChI=1S/C19H24N4O2/c1-13-7-6-10-23(12-13)19-20-14(2)11-16(22-19)18(24)21-15-8-4-5-9-17(15)25-3/h4-5,8-9,11,13H,6-7,10,12H2,1-3H3,(H,21,24). The van der Waals surface area contributed by atoms with Crippen LogP contribution in [0.5, 0.6) is 5.75 Å². The minimum absolute atomic E-state index is 0.263. The van der Waals surface area contributed by atoms with Gasteiger partial charge in [0.15, 0.2) is 0 Å². The Bertz CT molecular complexity index is 763. The van der Waals surface area contributed by atoms with Gasteiger partial charge in [-0.15, -0.1) is 0 Å². The lowest BCUT2D eigenvalue weighted by Crippen LogP contribution is -2.36. The van der Waals surface area contributed by atoms with Gasteiger partial charge in [0.2, 0.25) is 5.95 Å². The molecule has 1 atom stereocenters. The zero-order valence-corrected chi connectivity index (χ0v) is 15.0. The molecule has 1 aromatic heterocycles. The second-order valence-electron chi connectivity index (χ2n) is 6.54. The summed E-state index contributed by atoms with van der Waals surface area (Å²) in [5.41, 5.74) is 1.78. The van der Waals surface area contributed by atoms with Crippen LogP contribution in [-0.2, 0) is 0 Å². The fraction of sp³-hybridized carbons (Fsp3) is 0.421. The Hall–Kier alpha value is -2.63. The molecule has 0 spiro atoms. The molecule has 0 bridgehead atoms. The summed E-state index contributed by atoms with van der Waals surface area (Å²) >= 11 is 0. The van der Waals surface area contributed by atoms with Gasteiger partial charge in [-0.1, -0.05) is 19.1 Å². The van der Waals surface area contributed by atoms with Crippen molar-refractivity contribution in [1.82, 2.24) is 9.97 Å². The van der Waals surface area contributed by atoms with Crippen molar-refractivity contribution in [3.8, 4) is 5.75 Å². The number of para-hydroxylation sites is 2. The minimum atomic E-state index is -0.263. The summed E-state index contributed by atoms with van der Waals surface area (Å²) in [7, 11) is 1.58. The van der Waals surface area contributed by atoms with E-state index in [-0.39, 0.29) is 5.91 Å². The average Bonchev–Trinajstić information content (AvgIpc) is 2.61. The van der Waals surface area contributed by atoms with Gasteiger partial charge in [-0.2, -0.15) is 0 Å². The van der Waals surface area contributed by atoms with Gasteiger partial charge in [0.1, 0.15) is 11.4 Å². The predicted octanol–water partition coefficient (Wildman–Crippen LogP) is 3.28. The molecule has 0 radical (unpaired) electrons. The first-order valence-corrected chi connectivity index (χ1v) is 8.62. The summed E-state index contributed by atoms with van der Waals surface area (Å²) in [5.74, 6) is 1.61. The van der Waals surface area contributed by atoms with Crippen molar-refractivity contribution in [2.45, 2.75) is 26.7 Å². The van der Waals surface area contributed by atoms with Gasteiger partial charge in [0.05, 0.1) is 12.8 Å². The molecule has 25 heavy (non-hydrogen) atoms. The van der Waals surface area contributed by atoms with Gasteiger partial charge in [0, 0.05) is 18.8 Å². The summed E-state index contributed by atoms with van der Waals surface area (Å²) in [5, 5.41) is 2.87. The lowest BCUT2D eigenvalue weighted by atomic mass is 10.0. The van der Waals surface area contributed by atoms with Gasteiger partial charge in [-0.3, -0.25) is 4.79 Å². The number of methoxy groups -OCH3 is 1. The quantitative estimate of drug-likeness (QED) is 0.925. The molecule has 2 aromatic rings. The number of piperidine rings is 1. The number of carbonyl (C=O) groups excluding carboxylic acids is 1.